The van der Waals surface area contributed by atoms with E-state index in [9.17, 15) is 18.9 Å². The average Bonchev–Trinajstić information content (AvgIpc) is 2.85. The third-order valence-electron chi connectivity index (χ3n) is 5.71. The van der Waals surface area contributed by atoms with Crippen molar-refractivity contribution < 1.29 is 37.0 Å². The van der Waals surface area contributed by atoms with Crippen LogP contribution in [0, 0.1) is 27.7 Å². The Morgan fingerprint density at radius 2 is 0.763 bits per heavy atom. The van der Waals surface area contributed by atoms with E-state index in [0.717, 1.165) is 33.4 Å². The van der Waals surface area contributed by atoms with E-state index in [-0.39, 0.29) is 11.5 Å². The van der Waals surface area contributed by atoms with Gasteiger partial charge in [0.05, 0.1) is 0 Å². The number of hydrogen-bond acceptors (Lipinski definition) is 6. The molecule has 38 heavy (non-hydrogen) atoms. The predicted octanol–water partition coefficient (Wildman–Crippen LogP) is 7.70. The Kier molecular flexibility index (Phi) is 8.00. The summed E-state index contributed by atoms with van der Waals surface area (Å²) >= 11 is 0. The summed E-state index contributed by atoms with van der Waals surface area (Å²) in [7, 11) is -8.83. The first-order chi connectivity index (χ1) is 17.9. The van der Waals surface area contributed by atoms with Crippen molar-refractivity contribution in [3.05, 3.63) is 107 Å². The monoisotopic (exact) mass is 554 g/mol. The fourth-order valence-corrected chi connectivity index (χ4v) is 5.73. The van der Waals surface area contributed by atoms with Gasteiger partial charge in [0.1, 0.15) is 23.0 Å². The van der Waals surface area contributed by atoms with E-state index in [1.807, 2.05) is 12.1 Å². The Balaban J connectivity index is 1.41. The fourth-order valence-electron chi connectivity index (χ4n) is 3.84. The van der Waals surface area contributed by atoms with Gasteiger partial charge < -0.3 is 18.1 Å². The van der Waals surface area contributed by atoms with Crippen molar-refractivity contribution in [2.45, 2.75) is 27.7 Å². The molecule has 0 saturated carbocycles. The summed E-state index contributed by atoms with van der Waals surface area (Å²) < 4.78 is 46.2. The van der Waals surface area contributed by atoms with E-state index in [1.54, 1.807) is 100 Å². The molecule has 0 fully saturated rings. The van der Waals surface area contributed by atoms with Crippen LogP contribution in [0.2, 0.25) is 0 Å². The van der Waals surface area contributed by atoms with Crippen LogP contribution >= 0.6 is 15.6 Å². The highest BCUT2D eigenvalue weighted by atomic mass is 31.2. The Labute approximate surface area is 221 Å². The molecule has 2 N–H and O–H groups in total. The van der Waals surface area contributed by atoms with Gasteiger partial charge in [0.2, 0.25) is 0 Å². The molecule has 0 aliphatic heterocycles. The van der Waals surface area contributed by atoms with Crippen LogP contribution in [0.15, 0.2) is 84.9 Å². The quantitative estimate of drug-likeness (QED) is 0.203. The van der Waals surface area contributed by atoms with Crippen LogP contribution in [-0.2, 0) is 9.13 Å². The van der Waals surface area contributed by atoms with Gasteiger partial charge in [-0.15, -0.1) is 0 Å². The molecule has 0 aliphatic rings. The minimum absolute atomic E-state index is 0.163. The molecule has 0 amide bonds. The van der Waals surface area contributed by atoms with Crippen LogP contribution in [-0.4, -0.2) is 9.79 Å². The van der Waals surface area contributed by atoms with Crippen molar-refractivity contribution in [1.29, 1.82) is 0 Å². The second kappa shape index (κ2) is 11.1. The highest BCUT2D eigenvalue weighted by Gasteiger charge is 2.28. The lowest BCUT2D eigenvalue weighted by Crippen LogP contribution is -2.02. The highest BCUT2D eigenvalue weighted by Crippen LogP contribution is 2.47. The van der Waals surface area contributed by atoms with Gasteiger partial charge in [0.15, 0.2) is 0 Å². The Morgan fingerprint density at radius 3 is 1.05 bits per heavy atom. The number of phosphoric acid groups is 2. The molecule has 8 nitrogen and oxygen atoms in total. The average molecular weight is 554 g/mol. The third kappa shape index (κ3) is 6.85. The molecule has 0 spiro atoms. The zero-order chi connectivity index (χ0) is 27.5. The largest absolute Gasteiger partial charge is 0.584 e. The zero-order valence-electron chi connectivity index (χ0n) is 21.3. The molecule has 4 rings (SSSR count). The molecule has 2 atom stereocenters. The van der Waals surface area contributed by atoms with Gasteiger partial charge in [-0.25, -0.2) is 9.13 Å². The number of aryl methyl sites for hydroxylation is 4. The van der Waals surface area contributed by atoms with Crippen molar-refractivity contribution >= 4 is 15.6 Å². The van der Waals surface area contributed by atoms with Gasteiger partial charge in [0, 0.05) is 0 Å². The van der Waals surface area contributed by atoms with Crippen LogP contribution in [0.3, 0.4) is 0 Å². The first-order valence-electron chi connectivity index (χ1n) is 11.7. The van der Waals surface area contributed by atoms with Gasteiger partial charge in [-0.2, -0.15) is 0 Å². The van der Waals surface area contributed by atoms with E-state index in [4.69, 9.17) is 18.1 Å². The maximum Gasteiger partial charge on any atom is 0.584 e. The van der Waals surface area contributed by atoms with Gasteiger partial charge in [-0.05, 0) is 85.3 Å². The minimum Gasteiger partial charge on any atom is -0.395 e. The molecule has 0 aliphatic carbocycles. The molecule has 198 valence electrons. The van der Waals surface area contributed by atoms with Crippen LogP contribution in [0.5, 0.6) is 23.0 Å². The predicted molar refractivity (Wildman–Crippen MR) is 146 cm³/mol. The topological polar surface area (TPSA) is 112 Å². The lowest BCUT2D eigenvalue weighted by molar-refractivity contribution is 0.287. The normalized spacial score (nSPS) is 14.2. The van der Waals surface area contributed by atoms with Crippen molar-refractivity contribution in [2.24, 2.45) is 0 Å². The molecule has 0 aromatic heterocycles. The lowest BCUT2D eigenvalue weighted by atomic mass is 10.1. The Morgan fingerprint density at radius 1 is 0.474 bits per heavy atom. The minimum atomic E-state index is -4.41. The van der Waals surface area contributed by atoms with Crippen molar-refractivity contribution in [1.82, 2.24) is 0 Å². The number of rotatable bonds is 9. The summed E-state index contributed by atoms with van der Waals surface area (Å²) in [6.07, 6.45) is 0. The number of para-hydroxylation sites is 2. The summed E-state index contributed by atoms with van der Waals surface area (Å²) in [5.41, 5.74) is 4.46. The molecule has 0 bridgehead atoms. The van der Waals surface area contributed by atoms with E-state index < -0.39 is 15.6 Å². The summed E-state index contributed by atoms with van der Waals surface area (Å²) in [6.45, 7) is 7.13. The van der Waals surface area contributed by atoms with Gasteiger partial charge >= 0.3 is 15.6 Å². The summed E-state index contributed by atoms with van der Waals surface area (Å²) in [6, 6.07) is 23.9. The third-order valence-corrected chi connectivity index (χ3v) is 7.42. The molecule has 4 aromatic rings. The Hall–Kier alpha value is -3.54. The van der Waals surface area contributed by atoms with Gasteiger partial charge in [-0.3, -0.25) is 9.79 Å². The van der Waals surface area contributed by atoms with Crippen molar-refractivity contribution in [3.63, 3.8) is 0 Å². The van der Waals surface area contributed by atoms with Crippen molar-refractivity contribution in [2.75, 3.05) is 0 Å². The maximum atomic E-state index is 12.6. The van der Waals surface area contributed by atoms with E-state index in [1.165, 1.54) is 0 Å². The maximum absolute atomic E-state index is 12.6. The number of benzene rings is 4. The van der Waals surface area contributed by atoms with Crippen LogP contribution in [0.4, 0.5) is 0 Å². The smallest absolute Gasteiger partial charge is 0.395 e. The second-order valence-electron chi connectivity index (χ2n) is 8.79. The molecule has 0 heterocycles. The molecular formula is C28H28O8P2. The summed E-state index contributed by atoms with van der Waals surface area (Å²) in [5, 5.41) is 0. The first kappa shape index (κ1) is 27.5. The Bertz CT molecular complexity index is 1370. The molecule has 4 aromatic carbocycles. The zero-order valence-corrected chi connectivity index (χ0v) is 23.1. The summed E-state index contributed by atoms with van der Waals surface area (Å²) in [4.78, 5) is 20.5. The summed E-state index contributed by atoms with van der Waals surface area (Å²) in [5.74, 6) is 0.944. The van der Waals surface area contributed by atoms with E-state index >= 15 is 0 Å². The van der Waals surface area contributed by atoms with Crippen LogP contribution in [0.25, 0.3) is 11.1 Å². The second-order valence-corrected chi connectivity index (χ2v) is 11.4. The standard InChI is InChI=1S/C28H28O8P2/c1-19-7-5-8-20(2)27(19)35-37(29,30)33-25-15-11-23(12-16-25)24-13-17-26(18-14-24)34-38(31,32)36-28-21(3)9-6-10-22(28)4/h5-18H,1-4H3,(H,29,30)(H,31,32). The molecule has 0 radical (unpaired) electrons. The molecular weight excluding hydrogens is 526 g/mol. The molecule has 0 saturated heterocycles. The van der Waals surface area contributed by atoms with Crippen molar-refractivity contribution in [3.8, 4) is 34.1 Å². The SMILES string of the molecule is Cc1cccc(C)c1OP(=O)(O)Oc1ccc(-c2ccc(OP(=O)(O)Oc3c(C)cccc3C)cc2)cc1. The molecule has 10 heteroatoms. The van der Waals surface area contributed by atoms with Crippen LogP contribution < -0.4 is 18.1 Å². The van der Waals surface area contributed by atoms with E-state index in [2.05, 4.69) is 0 Å². The molecule has 2 unspecified atom stereocenters. The number of phosphoric ester groups is 2. The highest BCUT2D eigenvalue weighted by molar-refractivity contribution is 7.48. The number of hydrogen-bond donors (Lipinski definition) is 2. The van der Waals surface area contributed by atoms with Gasteiger partial charge in [-0.1, -0.05) is 60.7 Å². The lowest BCUT2D eigenvalue weighted by Gasteiger charge is -2.17. The first-order valence-corrected chi connectivity index (χ1v) is 14.7. The van der Waals surface area contributed by atoms with Gasteiger partial charge in [0.25, 0.3) is 0 Å². The van der Waals surface area contributed by atoms with Crippen LogP contribution in [0.1, 0.15) is 22.3 Å². The van der Waals surface area contributed by atoms with E-state index in [0.29, 0.717) is 11.5 Å². The fraction of sp³-hybridized carbons (Fsp3) is 0.143.